The number of carbonyl (C=O) groups excluding carboxylic acids is 2. The Morgan fingerprint density at radius 1 is 1.16 bits per heavy atom. The predicted octanol–water partition coefficient (Wildman–Crippen LogP) is 2.75. The van der Waals surface area contributed by atoms with Crippen molar-refractivity contribution < 1.29 is 14.3 Å². The Kier molecular flexibility index (Phi) is 9.49. The molecule has 0 bridgehead atoms. The minimum absolute atomic E-state index is 0.210. The minimum Gasteiger partial charge on any atom is -0.466 e. The van der Waals surface area contributed by atoms with Crippen molar-refractivity contribution in [3.05, 3.63) is 23.3 Å². The van der Waals surface area contributed by atoms with Crippen molar-refractivity contribution >= 4 is 11.9 Å². The third-order valence-electron chi connectivity index (χ3n) is 2.45. The van der Waals surface area contributed by atoms with Crippen LogP contribution in [0.2, 0.25) is 0 Å². The smallest absolute Gasteiger partial charge is 0.315 e. The number of hydrogen-bond donors (Lipinski definition) is 1. The molecule has 108 valence electrons. The summed E-state index contributed by atoms with van der Waals surface area (Å²) >= 11 is 0. The molecular weight excluding hydrogens is 242 g/mol. The van der Waals surface area contributed by atoms with Crippen LogP contribution < -0.4 is 5.32 Å². The largest absolute Gasteiger partial charge is 0.466 e. The number of ether oxygens (including phenoxy) is 1. The Balaban J connectivity index is 3.84. The van der Waals surface area contributed by atoms with E-state index in [0.717, 1.165) is 12.8 Å². The van der Waals surface area contributed by atoms with Crippen molar-refractivity contribution in [2.24, 2.45) is 0 Å². The van der Waals surface area contributed by atoms with Crippen molar-refractivity contribution in [2.75, 3.05) is 13.2 Å². The van der Waals surface area contributed by atoms with Crippen LogP contribution in [0.1, 0.15) is 47.0 Å². The lowest BCUT2D eigenvalue weighted by Crippen LogP contribution is -2.26. The molecule has 1 N–H and O–H groups in total. The van der Waals surface area contributed by atoms with E-state index in [4.69, 9.17) is 4.74 Å². The lowest BCUT2D eigenvalue weighted by molar-refractivity contribution is -0.145. The van der Waals surface area contributed by atoms with Gasteiger partial charge < -0.3 is 10.1 Å². The number of rotatable bonds is 8. The number of nitrogens with one attached hydrogen (secondary N) is 1. The minimum atomic E-state index is -0.482. The van der Waals surface area contributed by atoms with Gasteiger partial charge in [-0.2, -0.15) is 0 Å². The molecule has 4 nitrogen and oxygen atoms in total. The Labute approximate surface area is 115 Å². The van der Waals surface area contributed by atoms with Gasteiger partial charge in [-0.15, -0.1) is 0 Å². The highest BCUT2D eigenvalue weighted by Crippen LogP contribution is 2.05. The first kappa shape index (κ1) is 17.4. The van der Waals surface area contributed by atoms with Gasteiger partial charge in [0.05, 0.1) is 6.61 Å². The molecule has 0 aliphatic rings. The SMILES string of the molecule is CCOC(=O)CC(=O)NC/C=C(\C)CCC=C(C)C. The fraction of sp³-hybridized carbons (Fsp3) is 0.600. The predicted molar refractivity (Wildman–Crippen MR) is 76.7 cm³/mol. The highest BCUT2D eigenvalue weighted by molar-refractivity contribution is 5.94. The third kappa shape index (κ3) is 11.3. The zero-order chi connectivity index (χ0) is 14.7. The van der Waals surface area contributed by atoms with Gasteiger partial charge in [-0.25, -0.2) is 0 Å². The van der Waals surface area contributed by atoms with Crippen molar-refractivity contribution in [1.29, 1.82) is 0 Å². The normalized spacial score (nSPS) is 10.8. The fourth-order valence-corrected chi connectivity index (χ4v) is 1.44. The second-order valence-corrected chi connectivity index (χ2v) is 4.66. The maximum absolute atomic E-state index is 11.4. The van der Waals surface area contributed by atoms with Gasteiger partial charge in [0, 0.05) is 6.54 Å². The zero-order valence-electron chi connectivity index (χ0n) is 12.4. The van der Waals surface area contributed by atoms with Gasteiger partial charge in [0.1, 0.15) is 6.42 Å². The van der Waals surface area contributed by atoms with Gasteiger partial charge in [-0.3, -0.25) is 9.59 Å². The van der Waals surface area contributed by atoms with E-state index in [0.29, 0.717) is 13.2 Å². The van der Waals surface area contributed by atoms with Gasteiger partial charge in [-0.1, -0.05) is 23.3 Å². The molecule has 19 heavy (non-hydrogen) atoms. The van der Waals surface area contributed by atoms with Gasteiger partial charge in [0.2, 0.25) is 5.91 Å². The van der Waals surface area contributed by atoms with E-state index in [-0.39, 0.29) is 12.3 Å². The van der Waals surface area contributed by atoms with E-state index in [1.807, 2.05) is 13.0 Å². The Bertz CT molecular complexity index is 352. The summed E-state index contributed by atoms with van der Waals surface area (Å²) in [5.74, 6) is -0.781. The number of hydrogen-bond acceptors (Lipinski definition) is 3. The van der Waals surface area contributed by atoms with Gasteiger partial charge in [-0.05, 0) is 40.5 Å². The first-order chi connectivity index (χ1) is 8.95. The maximum Gasteiger partial charge on any atom is 0.315 e. The molecule has 0 aliphatic carbocycles. The monoisotopic (exact) mass is 267 g/mol. The van der Waals surface area contributed by atoms with Gasteiger partial charge >= 0.3 is 5.97 Å². The molecule has 0 rings (SSSR count). The summed E-state index contributed by atoms with van der Waals surface area (Å²) in [6.45, 7) is 8.67. The summed E-state index contributed by atoms with van der Waals surface area (Å²) < 4.78 is 4.69. The summed E-state index contributed by atoms with van der Waals surface area (Å²) in [4.78, 5) is 22.4. The van der Waals surface area contributed by atoms with Crippen LogP contribution >= 0.6 is 0 Å². The van der Waals surface area contributed by atoms with E-state index in [1.54, 1.807) is 6.92 Å². The molecule has 1 amide bonds. The lowest BCUT2D eigenvalue weighted by Gasteiger charge is -2.03. The average Bonchev–Trinajstić information content (AvgIpc) is 2.28. The van der Waals surface area contributed by atoms with Crippen molar-refractivity contribution in [3.8, 4) is 0 Å². The highest BCUT2D eigenvalue weighted by atomic mass is 16.5. The number of esters is 1. The molecule has 0 unspecified atom stereocenters. The Morgan fingerprint density at radius 2 is 1.84 bits per heavy atom. The van der Waals surface area contributed by atoms with Crippen LogP contribution in [-0.4, -0.2) is 25.0 Å². The summed E-state index contributed by atoms with van der Waals surface area (Å²) in [5, 5.41) is 2.67. The van der Waals surface area contributed by atoms with Crippen LogP contribution in [0.4, 0.5) is 0 Å². The molecule has 0 aliphatic heterocycles. The molecule has 0 aromatic heterocycles. The fourth-order valence-electron chi connectivity index (χ4n) is 1.44. The van der Waals surface area contributed by atoms with E-state index in [2.05, 4.69) is 25.2 Å². The lowest BCUT2D eigenvalue weighted by atomic mass is 10.1. The van der Waals surface area contributed by atoms with Crippen LogP contribution in [0.5, 0.6) is 0 Å². The molecule has 0 saturated heterocycles. The van der Waals surface area contributed by atoms with Crippen molar-refractivity contribution in [2.45, 2.75) is 47.0 Å². The van der Waals surface area contributed by atoms with E-state index < -0.39 is 5.97 Å². The van der Waals surface area contributed by atoms with E-state index >= 15 is 0 Å². The van der Waals surface area contributed by atoms with Crippen molar-refractivity contribution in [1.82, 2.24) is 5.32 Å². The molecular formula is C15H25NO3. The van der Waals surface area contributed by atoms with Crippen LogP contribution in [0.3, 0.4) is 0 Å². The van der Waals surface area contributed by atoms with Crippen molar-refractivity contribution in [3.63, 3.8) is 0 Å². The first-order valence-corrected chi connectivity index (χ1v) is 6.67. The second-order valence-electron chi connectivity index (χ2n) is 4.66. The molecule has 0 aromatic rings. The second kappa shape index (κ2) is 10.4. The van der Waals surface area contributed by atoms with Crippen LogP contribution in [0.15, 0.2) is 23.3 Å². The number of amides is 1. The highest BCUT2D eigenvalue weighted by Gasteiger charge is 2.08. The topological polar surface area (TPSA) is 55.4 Å². The molecule has 0 atom stereocenters. The molecule has 4 heteroatoms. The average molecular weight is 267 g/mol. The van der Waals surface area contributed by atoms with Crippen LogP contribution in [0, 0.1) is 0 Å². The Hall–Kier alpha value is -1.58. The number of carbonyl (C=O) groups is 2. The number of allylic oxidation sites excluding steroid dienone is 3. The zero-order valence-corrected chi connectivity index (χ0v) is 12.4. The standard InChI is InChI=1S/C15H25NO3/c1-5-19-15(18)11-14(17)16-10-9-13(4)8-6-7-12(2)3/h7,9H,5-6,8,10-11H2,1-4H3,(H,16,17)/b13-9+. The summed E-state index contributed by atoms with van der Waals surface area (Å²) in [6, 6.07) is 0. The molecule has 0 radical (unpaired) electrons. The Morgan fingerprint density at radius 3 is 2.42 bits per heavy atom. The quantitative estimate of drug-likeness (QED) is 0.418. The summed E-state index contributed by atoms with van der Waals surface area (Å²) in [5.41, 5.74) is 2.55. The van der Waals surface area contributed by atoms with Gasteiger partial charge in [0.15, 0.2) is 0 Å². The maximum atomic E-state index is 11.4. The van der Waals surface area contributed by atoms with E-state index in [1.165, 1.54) is 11.1 Å². The van der Waals surface area contributed by atoms with Crippen LogP contribution in [0.25, 0.3) is 0 Å². The molecule has 0 fully saturated rings. The molecule has 0 aromatic carbocycles. The van der Waals surface area contributed by atoms with Crippen LogP contribution in [-0.2, 0) is 14.3 Å². The summed E-state index contributed by atoms with van der Waals surface area (Å²) in [6.07, 6.45) is 5.96. The molecule has 0 heterocycles. The van der Waals surface area contributed by atoms with E-state index in [9.17, 15) is 9.59 Å². The summed E-state index contributed by atoms with van der Waals surface area (Å²) in [7, 11) is 0. The molecule has 0 spiro atoms. The van der Waals surface area contributed by atoms with Gasteiger partial charge in [0.25, 0.3) is 0 Å². The molecule has 0 saturated carbocycles. The first-order valence-electron chi connectivity index (χ1n) is 6.67. The third-order valence-corrected chi connectivity index (χ3v) is 2.45.